The lowest BCUT2D eigenvalue weighted by Gasteiger charge is -2.23. The Hall–Kier alpha value is -2.97. The summed E-state index contributed by atoms with van der Waals surface area (Å²) in [5.74, 6) is -0.959. The zero-order valence-corrected chi connectivity index (χ0v) is 17.1. The first-order valence-corrected chi connectivity index (χ1v) is 10.8. The van der Waals surface area contributed by atoms with Crippen LogP contribution in [-0.4, -0.2) is 52.7 Å². The fourth-order valence-electron chi connectivity index (χ4n) is 2.54. The Morgan fingerprint density at radius 3 is 2.47 bits per heavy atom. The predicted molar refractivity (Wildman–Crippen MR) is 109 cm³/mol. The molecule has 13 heteroatoms. The second kappa shape index (κ2) is 8.81. The van der Waals surface area contributed by atoms with E-state index in [9.17, 15) is 23.6 Å². The molecule has 0 amide bonds. The van der Waals surface area contributed by atoms with Gasteiger partial charge in [0, 0.05) is 5.56 Å². The molecule has 1 aromatic heterocycles. The van der Waals surface area contributed by atoms with Gasteiger partial charge in [0.15, 0.2) is 5.82 Å². The molecule has 0 atom stereocenters. The Morgan fingerprint density at radius 2 is 1.87 bits per heavy atom. The van der Waals surface area contributed by atoms with Crippen LogP contribution >= 0.6 is 11.8 Å². The molecule has 0 unspecified atom stereocenters. The summed E-state index contributed by atoms with van der Waals surface area (Å²) in [5, 5.41) is 36.1. The summed E-state index contributed by atoms with van der Waals surface area (Å²) in [5.41, 5.74) is 1.45. The van der Waals surface area contributed by atoms with Crippen LogP contribution in [0, 0.1) is 5.21 Å². The van der Waals surface area contributed by atoms with Gasteiger partial charge in [-0.1, -0.05) is 23.9 Å². The van der Waals surface area contributed by atoms with Crippen molar-refractivity contribution in [1.29, 1.82) is 0 Å². The maximum absolute atomic E-state index is 11.9. The highest BCUT2D eigenvalue weighted by Crippen LogP contribution is 2.31. The van der Waals surface area contributed by atoms with Crippen molar-refractivity contribution in [2.75, 3.05) is 18.0 Å². The summed E-state index contributed by atoms with van der Waals surface area (Å²) >= 11 is 0.924. The lowest BCUT2D eigenvalue weighted by atomic mass is 10.0. The number of thioether (sulfide) groups is 1. The van der Waals surface area contributed by atoms with Gasteiger partial charge in [-0.2, -0.15) is 0 Å². The van der Waals surface area contributed by atoms with Gasteiger partial charge in [0.2, 0.25) is 15.2 Å². The van der Waals surface area contributed by atoms with Crippen molar-refractivity contribution in [3.63, 3.8) is 0 Å². The van der Waals surface area contributed by atoms with E-state index in [1.54, 1.807) is 18.2 Å². The number of carboxylic acids is 1. The largest absolute Gasteiger partial charge is 0.733 e. The Kier molecular flexibility index (Phi) is 6.38. The molecule has 1 heterocycles. The molecule has 0 aliphatic carbocycles. The number of anilines is 1. The number of aromatic nitrogens is 3. The van der Waals surface area contributed by atoms with Crippen molar-refractivity contribution in [2.24, 2.45) is 0 Å². The third-order valence-corrected chi connectivity index (χ3v) is 6.23. The minimum absolute atomic E-state index is 0.0769. The van der Waals surface area contributed by atoms with E-state index in [1.165, 1.54) is 31.3 Å². The van der Waals surface area contributed by atoms with Crippen LogP contribution in [0.15, 0.2) is 52.5 Å². The Bertz CT molecular complexity index is 1160. The monoisotopic (exact) mass is 450 g/mol. The van der Waals surface area contributed by atoms with Crippen LogP contribution in [0.3, 0.4) is 0 Å². The molecule has 0 fully saturated rings. The first-order valence-electron chi connectivity index (χ1n) is 8.32. The van der Waals surface area contributed by atoms with Crippen molar-refractivity contribution >= 4 is 33.4 Å². The number of nitrogens with one attached hydrogen (secondary N) is 2. The van der Waals surface area contributed by atoms with Gasteiger partial charge in [0.25, 0.3) is 0 Å². The van der Waals surface area contributed by atoms with Gasteiger partial charge in [-0.15, -0.1) is 5.10 Å². The molecule has 158 valence electrons. The van der Waals surface area contributed by atoms with Gasteiger partial charge >= 0.3 is 5.97 Å². The van der Waals surface area contributed by atoms with Gasteiger partial charge in [-0.3, -0.25) is 15.1 Å². The van der Waals surface area contributed by atoms with Crippen LogP contribution in [-0.2, 0) is 14.8 Å². The van der Waals surface area contributed by atoms with Crippen molar-refractivity contribution in [3.05, 3.63) is 47.7 Å². The maximum atomic E-state index is 11.9. The van der Waals surface area contributed by atoms with Crippen LogP contribution in [0.5, 0.6) is 0 Å². The third kappa shape index (κ3) is 4.95. The number of benzene rings is 2. The number of hydrogen-bond acceptors (Lipinski definition) is 9. The number of sulfonamides is 1. The molecule has 11 nitrogen and oxygen atoms in total. The molecule has 0 radical (unpaired) electrons. The summed E-state index contributed by atoms with van der Waals surface area (Å²) in [6, 6.07) is 10.4. The summed E-state index contributed by atoms with van der Waals surface area (Å²) in [6.45, 7) is 0. The Labute approximate surface area is 175 Å². The van der Waals surface area contributed by atoms with Gasteiger partial charge < -0.3 is 15.5 Å². The van der Waals surface area contributed by atoms with Crippen molar-refractivity contribution in [3.8, 4) is 22.5 Å². The number of aromatic amines is 1. The zero-order valence-electron chi connectivity index (χ0n) is 15.4. The second-order valence-corrected chi connectivity index (χ2v) is 8.75. The number of H-pyrrole nitrogens is 1. The highest BCUT2D eigenvalue weighted by Gasteiger charge is 2.14. The number of hydrogen-bond donors (Lipinski definition) is 4. The topological polar surface area (TPSA) is 172 Å². The molecule has 3 aromatic rings. The van der Waals surface area contributed by atoms with Crippen LogP contribution in [0.2, 0.25) is 0 Å². The molecule has 30 heavy (non-hydrogen) atoms. The van der Waals surface area contributed by atoms with Gasteiger partial charge in [0.05, 0.1) is 16.3 Å². The van der Waals surface area contributed by atoms with E-state index in [0.29, 0.717) is 16.7 Å². The summed E-state index contributed by atoms with van der Waals surface area (Å²) in [4.78, 5) is 14.9. The molecular weight excluding hydrogens is 434 g/mol. The standard InChI is InChI=1S/C17H16N5O6S2/c1-18-30(27,28)14-4-2-10(3-5-14)11-6-12(8-13(7-11)22(25)26)16-19-17(21-20-16)29-9-15(23)24/h2-8,18,25H,9H2,1H3,(H,23,24)(H,19,20,21)/q-1. The third-order valence-electron chi connectivity index (χ3n) is 3.97. The number of carboxylic acid groups (broad SMARTS) is 1. The smallest absolute Gasteiger partial charge is 0.313 e. The Morgan fingerprint density at radius 1 is 1.20 bits per heavy atom. The van der Waals surface area contributed by atoms with Gasteiger partial charge in [0.1, 0.15) is 0 Å². The number of nitrogens with zero attached hydrogens (tertiary/aromatic N) is 3. The fraction of sp³-hybridized carbons (Fsp3) is 0.118. The number of carbonyl (C=O) groups is 1. The van der Waals surface area contributed by atoms with E-state index in [0.717, 1.165) is 11.8 Å². The normalized spacial score (nSPS) is 11.4. The SMILES string of the molecule is CNS(=O)(=O)c1ccc(-c2cc(-c3nc(SCC(=O)O)n[nH]3)cc(N([O-])O)c2)cc1. The van der Waals surface area contributed by atoms with E-state index in [-0.39, 0.29) is 32.5 Å². The lowest BCUT2D eigenvalue weighted by molar-refractivity contribution is -0.133. The van der Waals surface area contributed by atoms with Crippen LogP contribution in [0.25, 0.3) is 22.5 Å². The van der Waals surface area contributed by atoms with E-state index in [4.69, 9.17) is 5.11 Å². The molecule has 4 N–H and O–H groups in total. The van der Waals surface area contributed by atoms with E-state index < -0.39 is 16.0 Å². The maximum Gasteiger partial charge on any atom is 0.313 e. The molecule has 0 aliphatic rings. The van der Waals surface area contributed by atoms with E-state index in [1.807, 2.05) is 0 Å². The highest BCUT2D eigenvalue weighted by atomic mass is 32.2. The molecular formula is C17H16N5O6S2-. The molecule has 0 spiro atoms. The highest BCUT2D eigenvalue weighted by molar-refractivity contribution is 7.99. The number of rotatable bonds is 8. The van der Waals surface area contributed by atoms with Crippen molar-refractivity contribution in [2.45, 2.75) is 10.1 Å². The molecule has 3 rings (SSSR count). The van der Waals surface area contributed by atoms with Crippen LogP contribution in [0.4, 0.5) is 5.69 Å². The minimum atomic E-state index is -3.59. The molecule has 0 saturated heterocycles. The van der Waals surface area contributed by atoms with Gasteiger partial charge in [-0.25, -0.2) is 18.1 Å². The summed E-state index contributed by atoms with van der Waals surface area (Å²) < 4.78 is 26.0. The Balaban J connectivity index is 1.99. The quantitative estimate of drug-likeness (QED) is 0.293. The van der Waals surface area contributed by atoms with Crippen molar-refractivity contribution in [1.82, 2.24) is 19.9 Å². The van der Waals surface area contributed by atoms with Crippen molar-refractivity contribution < 1.29 is 23.5 Å². The first kappa shape index (κ1) is 21.7. The number of aliphatic carboxylic acids is 1. The van der Waals surface area contributed by atoms with E-state index >= 15 is 0 Å². The van der Waals surface area contributed by atoms with E-state index in [2.05, 4.69) is 19.9 Å². The summed E-state index contributed by atoms with van der Waals surface area (Å²) in [7, 11) is -2.29. The van der Waals surface area contributed by atoms with Crippen LogP contribution in [0.1, 0.15) is 0 Å². The average Bonchev–Trinajstić information content (AvgIpc) is 3.21. The average molecular weight is 450 g/mol. The van der Waals surface area contributed by atoms with Gasteiger partial charge in [-0.05, 0) is 48.5 Å². The first-order chi connectivity index (χ1) is 14.2. The zero-order chi connectivity index (χ0) is 21.9. The lowest BCUT2D eigenvalue weighted by Crippen LogP contribution is -2.18. The van der Waals surface area contributed by atoms with Crippen LogP contribution < -0.4 is 9.95 Å². The molecule has 2 aromatic carbocycles. The molecule has 0 saturated carbocycles. The minimum Gasteiger partial charge on any atom is -0.733 e. The predicted octanol–water partition coefficient (Wildman–Crippen LogP) is 1.92. The second-order valence-electron chi connectivity index (χ2n) is 5.92. The molecule has 0 bridgehead atoms. The summed E-state index contributed by atoms with van der Waals surface area (Å²) in [6.07, 6.45) is 0. The fourth-order valence-corrected chi connectivity index (χ4v) is 3.78. The molecule has 0 aliphatic heterocycles.